The zero-order chi connectivity index (χ0) is 21.3. The second-order valence-electron chi connectivity index (χ2n) is 7.67. The van der Waals surface area contributed by atoms with Crippen molar-refractivity contribution in [2.24, 2.45) is 0 Å². The van der Waals surface area contributed by atoms with E-state index in [1.54, 1.807) is 12.4 Å². The molecule has 5 rings (SSSR count). The van der Waals surface area contributed by atoms with Crippen LogP contribution in [0.4, 0.5) is 0 Å². The van der Waals surface area contributed by atoms with Gasteiger partial charge in [0.25, 0.3) is 0 Å². The van der Waals surface area contributed by atoms with Crippen LogP contribution in [0.5, 0.6) is 0 Å². The molecule has 0 spiro atoms. The molecule has 1 aliphatic rings. The van der Waals surface area contributed by atoms with Gasteiger partial charge in [-0.3, -0.25) is 4.98 Å². The Bertz CT molecular complexity index is 1280. The van der Waals surface area contributed by atoms with Gasteiger partial charge in [-0.2, -0.15) is 5.10 Å². The number of hydrogen-bond donors (Lipinski definition) is 1. The van der Waals surface area contributed by atoms with Crippen LogP contribution in [0.25, 0.3) is 28.1 Å². The molecule has 0 radical (unpaired) electrons. The third kappa shape index (κ3) is 4.28. The monoisotopic (exact) mass is 430 g/mol. The molecule has 0 atom stereocenters. The number of rotatable bonds is 7. The summed E-state index contributed by atoms with van der Waals surface area (Å²) in [6.45, 7) is 0.305. The van der Waals surface area contributed by atoms with E-state index in [0.29, 0.717) is 6.54 Å². The van der Waals surface area contributed by atoms with Gasteiger partial charge >= 0.3 is 0 Å². The summed E-state index contributed by atoms with van der Waals surface area (Å²) in [7, 11) is -3.19. The average molecular weight is 431 g/mol. The molecule has 31 heavy (non-hydrogen) atoms. The van der Waals surface area contributed by atoms with Crippen LogP contribution in [-0.2, 0) is 16.6 Å². The molecule has 4 aromatic rings. The van der Waals surface area contributed by atoms with Crippen LogP contribution in [0.3, 0.4) is 0 Å². The molecule has 1 saturated carbocycles. The van der Waals surface area contributed by atoms with Crippen LogP contribution in [-0.4, -0.2) is 28.4 Å². The fraction of sp³-hybridized carbons (Fsp3) is 0.167. The summed E-state index contributed by atoms with van der Waals surface area (Å²) >= 11 is 0. The number of sulfonamides is 1. The number of benzene rings is 2. The molecular formula is C24H22N4O2S. The molecule has 0 unspecified atom stereocenters. The minimum Gasteiger partial charge on any atom is -0.265 e. The van der Waals surface area contributed by atoms with Crippen molar-refractivity contribution in [2.75, 3.05) is 0 Å². The number of pyridine rings is 1. The molecule has 2 heterocycles. The van der Waals surface area contributed by atoms with Gasteiger partial charge in [0.2, 0.25) is 10.0 Å². The molecule has 0 bridgehead atoms. The minimum absolute atomic E-state index is 0.210. The van der Waals surface area contributed by atoms with E-state index in [4.69, 9.17) is 5.10 Å². The SMILES string of the molecule is O=S(=O)(NCc1ccc(-c2cn(-c3ccccc3)nc2-c2ccncc2)cc1)C1CC1. The highest BCUT2D eigenvalue weighted by Crippen LogP contribution is 2.32. The summed E-state index contributed by atoms with van der Waals surface area (Å²) in [5, 5.41) is 4.63. The first-order valence-electron chi connectivity index (χ1n) is 10.2. The lowest BCUT2D eigenvalue weighted by Gasteiger charge is -2.07. The van der Waals surface area contributed by atoms with Gasteiger partial charge in [0.05, 0.1) is 10.9 Å². The van der Waals surface area contributed by atoms with Crippen molar-refractivity contribution in [3.63, 3.8) is 0 Å². The van der Waals surface area contributed by atoms with Crippen molar-refractivity contribution in [2.45, 2.75) is 24.6 Å². The summed E-state index contributed by atoms with van der Waals surface area (Å²) in [6.07, 6.45) is 7.07. The first-order chi connectivity index (χ1) is 15.1. The van der Waals surface area contributed by atoms with Gasteiger partial charge in [-0.25, -0.2) is 17.8 Å². The third-order valence-corrected chi connectivity index (χ3v) is 7.29. The summed E-state index contributed by atoms with van der Waals surface area (Å²) < 4.78 is 28.7. The van der Waals surface area contributed by atoms with Gasteiger partial charge in [0.15, 0.2) is 0 Å². The molecule has 0 amide bonds. The van der Waals surface area contributed by atoms with Gasteiger partial charge in [-0.1, -0.05) is 42.5 Å². The van der Waals surface area contributed by atoms with Crippen LogP contribution in [0, 0.1) is 0 Å². The van der Waals surface area contributed by atoms with Crippen LogP contribution in [0.15, 0.2) is 85.3 Å². The molecule has 0 saturated heterocycles. The highest BCUT2D eigenvalue weighted by atomic mass is 32.2. The molecule has 2 aromatic carbocycles. The van der Waals surface area contributed by atoms with E-state index in [-0.39, 0.29) is 5.25 Å². The largest absolute Gasteiger partial charge is 0.265 e. The fourth-order valence-corrected chi connectivity index (χ4v) is 4.86. The van der Waals surface area contributed by atoms with Gasteiger partial charge in [0, 0.05) is 36.3 Å². The Hall–Kier alpha value is -3.29. The Morgan fingerprint density at radius 3 is 2.29 bits per heavy atom. The highest BCUT2D eigenvalue weighted by molar-refractivity contribution is 7.90. The second kappa shape index (κ2) is 8.09. The maximum Gasteiger partial charge on any atom is 0.214 e. The maximum absolute atomic E-state index is 12.1. The Morgan fingerprint density at radius 2 is 1.61 bits per heavy atom. The molecule has 6 nitrogen and oxygen atoms in total. The predicted octanol–water partition coefficient (Wildman–Crippen LogP) is 4.18. The standard InChI is InChI=1S/C24H22N4O2S/c29-31(30,22-10-11-22)26-16-18-6-8-19(9-7-18)23-17-28(21-4-2-1-3-5-21)27-24(23)20-12-14-25-15-13-20/h1-9,12-15,17,22,26H,10-11,16H2. The van der Waals surface area contributed by atoms with Crippen molar-refractivity contribution in [1.82, 2.24) is 19.5 Å². The van der Waals surface area contributed by atoms with Gasteiger partial charge in [-0.05, 0) is 48.2 Å². The Kier molecular flexibility index (Phi) is 5.13. The van der Waals surface area contributed by atoms with Crippen LogP contribution < -0.4 is 4.72 Å². The lowest BCUT2D eigenvalue weighted by Crippen LogP contribution is -2.26. The van der Waals surface area contributed by atoms with Crippen LogP contribution >= 0.6 is 0 Å². The molecule has 1 N–H and O–H groups in total. The predicted molar refractivity (Wildman–Crippen MR) is 121 cm³/mol. The van der Waals surface area contributed by atoms with Crippen LogP contribution in [0.2, 0.25) is 0 Å². The third-order valence-electron chi connectivity index (χ3n) is 5.39. The van der Waals surface area contributed by atoms with E-state index in [1.807, 2.05) is 77.6 Å². The topological polar surface area (TPSA) is 76.9 Å². The summed E-state index contributed by atoms with van der Waals surface area (Å²) in [5.74, 6) is 0. The van der Waals surface area contributed by atoms with E-state index >= 15 is 0 Å². The molecule has 2 aromatic heterocycles. The number of nitrogens with zero attached hydrogens (tertiary/aromatic N) is 3. The zero-order valence-corrected chi connectivity index (χ0v) is 17.7. The van der Waals surface area contributed by atoms with E-state index in [1.165, 1.54) is 0 Å². The lowest BCUT2D eigenvalue weighted by molar-refractivity contribution is 0.580. The first kappa shape index (κ1) is 19.7. The van der Waals surface area contributed by atoms with E-state index < -0.39 is 10.0 Å². The van der Waals surface area contributed by atoms with Gasteiger partial charge in [0.1, 0.15) is 5.69 Å². The summed E-state index contributed by atoms with van der Waals surface area (Å²) in [4.78, 5) is 4.12. The smallest absolute Gasteiger partial charge is 0.214 e. The minimum atomic E-state index is -3.19. The fourth-order valence-electron chi connectivity index (χ4n) is 3.50. The van der Waals surface area contributed by atoms with Crippen molar-refractivity contribution in [3.8, 4) is 28.1 Å². The van der Waals surface area contributed by atoms with Gasteiger partial charge < -0.3 is 0 Å². The number of para-hydroxylation sites is 1. The van der Waals surface area contributed by atoms with Crippen molar-refractivity contribution < 1.29 is 8.42 Å². The Labute approximate surface area is 181 Å². The Balaban J connectivity index is 1.46. The van der Waals surface area contributed by atoms with Crippen molar-refractivity contribution >= 4 is 10.0 Å². The number of hydrogen-bond acceptors (Lipinski definition) is 4. The quantitative estimate of drug-likeness (QED) is 0.477. The van der Waals surface area contributed by atoms with E-state index in [0.717, 1.165) is 46.5 Å². The molecule has 1 fully saturated rings. The highest BCUT2D eigenvalue weighted by Gasteiger charge is 2.35. The van der Waals surface area contributed by atoms with Gasteiger partial charge in [-0.15, -0.1) is 0 Å². The normalized spacial score (nSPS) is 13.9. The summed E-state index contributed by atoms with van der Waals surface area (Å²) in [6, 6.07) is 21.8. The van der Waals surface area contributed by atoms with Crippen molar-refractivity contribution in [1.29, 1.82) is 0 Å². The Morgan fingerprint density at radius 1 is 0.903 bits per heavy atom. The average Bonchev–Trinajstić information content (AvgIpc) is 3.59. The zero-order valence-electron chi connectivity index (χ0n) is 16.8. The van der Waals surface area contributed by atoms with Crippen molar-refractivity contribution in [3.05, 3.63) is 90.9 Å². The van der Waals surface area contributed by atoms with E-state index in [9.17, 15) is 8.42 Å². The van der Waals surface area contributed by atoms with Crippen LogP contribution in [0.1, 0.15) is 18.4 Å². The molecule has 156 valence electrons. The molecule has 7 heteroatoms. The molecular weight excluding hydrogens is 408 g/mol. The molecule has 1 aliphatic carbocycles. The summed E-state index contributed by atoms with van der Waals surface area (Å²) in [5.41, 5.74) is 5.78. The second-order valence-corrected chi connectivity index (χ2v) is 9.72. The number of aromatic nitrogens is 3. The first-order valence-corrected chi connectivity index (χ1v) is 11.8. The lowest BCUT2D eigenvalue weighted by atomic mass is 10.0. The maximum atomic E-state index is 12.1. The van der Waals surface area contributed by atoms with E-state index in [2.05, 4.69) is 9.71 Å². The number of nitrogens with one attached hydrogen (secondary N) is 1. The molecule has 0 aliphatic heterocycles.